The number of anilines is 1. The Labute approximate surface area is 217 Å². The molecule has 1 atom stereocenters. The summed E-state index contributed by atoms with van der Waals surface area (Å²) < 4.78 is 35.2. The highest BCUT2D eigenvalue weighted by atomic mass is 35.5. The van der Waals surface area contributed by atoms with Crippen LogP contribution in [-0.4, -0.2) is 60.8 Å². The molecule has 1 amide bonds. The summed E-state index contributed by atoms with van der Waals surface area (Å²) in [6, 6.07) is -0.351. The second kappa shape index (κ2) is 10.7. The second-order valence-corrected chi connectivity index (χ2v) is 12.1. The monoisotopic (exact) mass is 555 g/mol. The third kappa shape index (κ3) is 5.98. The van der Waals surface area contributed by atoms with Crippen molar-refractivity contribution < 1.29 is 32.3 Å². The average Bonchev–Trinajstić information content (AvgIpc) is 3.39. The Morgan fingerprint density at radius 3 is 2.67 bits per heavy atom. The smallest absolute Gasteiger partial charge is 0.341 e. The lowest BCUT2D eigenvalue weighted by Gasteiger charge is -2.09. The summed E-state index contributed by atoms with van der Waals surface area (Å²) in [6.45, 7) is 3.08. The molecule has 0 radical (unpaired) electrons. The molecule has 0 unspecified atom stereocenters. The summed E-state index contributed by atoms with van der Waals surface area (Å²) in [5.74, 6) is -1.49. The third-order valence-electron chi connectivity index (χ3n) is 5.93. The van der Waals surface area contributed by atoms with Crippen molar-refractivity contribution >= 4 is 61.7 Å². The molecule has 1 saturated heterocycles. The van der Waals surface area contributed by atoms with E-state index in [1.54, 1.807) is 13.8 Å². The van der Waals surface area contributed by atoms with Crippen LogP contribution in [-0.2, 0) is 28.9 Å². The largest absolute Gasteiger partial charge is 0.462 e. The molecule has 1 aliphatic carbocycles. The first-order valence-electron chi connectivity index (χ1n) is 11.5. The molecule has 1 saturated carbocycles. The van der Waals surface area contributed by atoms with Gasteiger partial charge >= 0.3 is 11.9 Å². The van der Waals surface area contributed by atoms with Gasteiger partial charge in [-0.15, -0.1) is 11.3 Å². The van der Waals surface area contributed by atoms with E-state index >= 15 is 0 Å². The minimum Gasteiger partial charge on any atom is -0.462 e. The van der Waals surface area contributed by atoms with Gasteiger partial charge in [-0.25, -0.2) is 22.7 Å². The zero-order valence-electron chi connectivity index (χ0n) is 19.8. The van der Waals surface area contributed by atoms with Gasteiger partial charge in [0.25, 0.3) is 5.91 Å². The molecule has 2 aromatic rings. The summed E-state index contributed by atoms with van der Waals surface area (Å²) in [6.07, 6.45) is 4.95. The van der Waals surface area contributed by atoms with Crippen molar-refractivity contribution in [2.75, 3.05) is 30.0 Å². The Bertz CT molecular complexity index is 1330. The van der Waals surface area contributed by atoms with Crippen LogP contribution in [0.4, 0.5) is 5.00 Å². The average molecular weight is 556 g/mol. The molecule has 2 aromatic heterocycles. The molecule has 1 N–H and O–H groups in total. The van der Waals surface area contributed by atoms with E-state index in [1.165, 1.54) is 22.1 Å². The summed E-state index contributed by atoms with van der Waals surface area (Å²) >= 11 is 7.63. The Balaban J connectivity index is 1.35. The maximum atomic E-state index is 12.4. The molecule has 3 heterocycles. The van der Waals surface area contributed by atoms with E-state index in [-0.39, 0.29) is 29.3 Å². The molecule has 2 aliphatic rings. The standard InChI is InChI=1S/C23H26ClN3O7S2/c1-3-33-23(30)20-17(14-4-5-14)11-35-22(20)25-18(28)10-34-19(29)7-6-16-13(2)26-27(21(16)24)15-8-9-36(31,32)12-15/h6-7,11,14-15H,3-5,8-10,12H2,1-2H3,(H,25,28)/b7-6+/t15-/m1/s1. The van der Waals surface area contributed by atoms with Gasteiger partial charge in [-0.1, -0.05) is 11.6 Å². The van der Waals surface area contributed by atoms with Gasteiger partial charge in [-0.05, 0) is 56.0 Å². The number of carbonyl (C=O) groups is 3. The Morgan fingerprint density at radius 1 is 1.28 bits per heavy atom. The molecule has 0 aromatic carbocycles. The molecule has 0 spiro atoms. The van der Waals surface area contributed by atoms with Crippen LogP contribution in [0.25, 0.3) is 6.08 Å². The van der Waals surface area contributed by atoms with Crippen molar-refractivity contribution in [3.8, 4) is 0 Å². The van der Waals surface area contributed by atoms with Gasteiger partial charge in [0.05, 0.1) is 35.4 Å². The van der Waals surface area contributed by atoms with Crippen LogP contribution in [0, 0.1) is 6.92 Å². The summed E-state index contributed by atoms with van der Waals surface area (Å²) in [4.78, 5) is 37.0. The van der Waals surface area contributed by atoms with Gasteiger partial charge in [-0.3, -0.25) is 4.79 Å². The first-order chi connectivity index (χ1) is 17.1. The normalized spacial score (nSPS) is 18.9. The predicted molar refractivity (Wildman–Crippen MR) is 135 cm³/mol. The molecule has 4 rings (SSSR count). The number of hydrogen-bond donors (Lipinski definition) is 1. The zero-order chi connectivity index (χ0) is 26.0. The molecular formula is C23H26ClN3O7S2. The number of amides is 1. The van der Waals surface area contributed by atoms with E-state index in [4.69, 9.17) is 21.1 Å². The molecule has 13 heteroatoms. The number of hydrogen-bond acceptors (Lipinski definition) is 9. The van der Waals surface area contributed by atoms with E-state index in [0.29, 0.717) is 34.2 Å². The molecule has 1 aliphatic heterocycles. The van der Waals surface area contributed by atoms with Crippen LogP contribution in [0.5, 0.6) is 0 Å². The quantitative estimate of drug-likeness (QED) is 0.367. The SMILES string of the molecule is CCOC(=O)c1c(C2CC2)csc1NC(=O)COC(=O)/C=C/c1c(C)nn([C@@H]2CCS(=O)(=O)C2)c1Cl. The van der Waals surface area contributed by atoms with Gasteiger partial charge in [0, 0.05) is 11.6 Å². The van der Waals surface area contributed by atoms with Crippen LogP contribution in [0.3, 0.4) is 0 Å². The lowest BCUT2D eigenvalue weighted by Crippen LogP contribution is -2.21. The van der Waals surface area contributed by atoms with Crippen molar-refractivity contribution in [3.63, 3.8) is 0 Å². The highest BCUT2D eigenvalue weighted by Gasteiger charge is 2.33. The fourth-order valence-corrected chi connectivity index (χ4v) is 7.12. The summed E-state index contributed by atoms with van der Waals surface area (Å²) in [7, 11) is -3.11. The fourth-order valence-electron chi connectivity index (χ4n) is 4.00. The van der Waals surface area contributed by atoms with Crippen LogP contribution >= 0.6 is 22.9 Å². The van der Waals surface area contributed by atoms with Gasteiger partial charge in [0.15, 0.2) is 16.4 Å². The molecule has 2 fully saturated rings. The highest BCUT2D eigenvalue weighted by Crippen LogP contribution is 2.46. The number of rotatable bonds is 9. The highest BCUT2D eigenvalue weighted by molar-refractivity contribution is 7.91. The van der Waals surface area contributed by atoms with Crippen molar-refractivity contribution in [3.05, 3.63) is 39.0 Å². The molecule has 0 bridgehead atoms. The van der Waals surface area contributed by atoms with Gasteiger partial charge in [0.2, 0.25) is 0 Å². The molecule has 36 heavy (non-hydrogen) atoms. The van der Waals surface area contributed by atoms with E-state index in [1.807, 2.05) is 5.38 Å². The summed E-state index contributed by atoms with van der Waals surface area (Å²) in [5, 5.41) is 9.41. The van der Waals surface area contributed by atoms with E-state index < -0.39 is 34.3 Å². The number of carbonyl (C=O) groups excluding carboxylic acids is 3. The topological polar surface area (TPSA) is 134 Å². The number of ether oxygens (including phenoxy) is 2. The lowest BCUT2D eigenvalue weighted by atomic mass is 10.1. The minimum atomic E-state index is -3.11. The number of halogens is 1. The number of aromatic nitrogens is 2. The zero-order valence-corrected chi connectivity index (χ0v) is 22.2. The van der Waals surface area contributed by atoms with Gasteiger partial charge < -0.3 is 14.8 Å². The van der Waals surface area contributed by atoms with Crippen molar-refractivity contribution in [1.29, 1.82) is 0 Å². The fraction of sp³-hybridized carbons (Fsp3) is 0.478. The van der Waals surface area contributed by atoms with E-state index in [2.05, 4.69) is 10.4 Å². The first kappa shape index (κ1) is 26.4. The van der Waals surface area contributed by atoms with Crippen LogP contribution in [0.15, 0.2) is 11.5 Å². The minimum absolute atomic E-state index is 0.0293. The Kier molecular flexibility index (Phi) is 7.86. The lowest BCUT2D eigenvalue weighted by molar-refractivity contribution is -0.142. The molecular weight excluding hydrogens is 530 g/mol. The number of sulfone groups is 1. The molecule has 194 valence electrons. The van der Waals surface area contributed by atoms with E-state index in [9.17, 15) is 22.8 Å². The van der Waals surface area contributed by atoms with Crippen molar-refractivity contribution in [2.45, 2.75) is 45.1 Å². The number of thiophene rings is 1. The van der Waals surface area contributed by atoms with Crippen LogP contribution < -0.4 is 5.32 Å². The predicted octanol–water partition coefficient (Wildman–Crippen LogP) is 3.52. The van der Waals surface area contributed by atoms with Crippen LogP contribution in [0.1, 0.15) is 65.3 Å². The Morgan fingerprint density at radius 2 is 2.03 bits per heavy atom. The van der Waals surface area contributed by atoms with E-state index in [0.717, 1.165) is 24.5 Å². The number of nitrogens with one attached hydrogen (secondary N) is 1. The second-order valence-electron chi connectivity index (χ2n) is 8.67. The van der Waals surface area contributed by atoms with Crippen LogP contribution in [0.2, 0.25) is 5.15 Å². The Hall–Kier alpha value is -2.70. The maximum absolute atomic E-state index is 12.4. The van der Waals surface area contributed by atoms with Crippen molar-refractivity contribution in [2.24, 2.45) is 0 Å². The first-order valence-corrected chi connectivity index (χ1v) is 14.6. The molecule has 10 nitrogen and oxygen atoms in total. The number of esters is 2. The van der Waals surface area contributed by atoms with Crippen molar-refractivity contribution in [1.82, 2.24) is 9.78 Å². The van der Waals surface area contributed by atoms with Gasteiger partial charge in [0.1, 0.15) is 10.2 Å². The number of nitrogens with zero attached hydrogens (tertiary/aromatic N) is 2. The summed E-state index contributed by atoms with van der Waals surface area (Å²) in [5.41, 5.74) is 2.23. The maximum Gasteiger partial charge on any atom is 0.341 e. The van der Waals surface area contributed by atoms with Gasteiger partial charge in [-0.2, -0.15) is 5.10 Å². The number of aryl methyl sites for hydroxylation is 1. The third-order valence-corrected chi connectivity index (χ3v) is 8.97.